The molecule has 0 spiro atoms. The number of carbonyl (C=O) groups excluding carboxylic acids is 1. The van der Waals surface area contributed by atoms with Gasteiger partial charge in [-0.15, -0.1) is 0 Å². The number of nitrogens with two attached hydrogens (primary N) is 1. The molecule has 0 saturated heterocycles. The maximum absolute atomic E-state index is 11.4. The van der Waals surface area contributed by atoms with Gasteiger partial charge >= 0.3 is 5.97 Å². The molecule has 1 heterocycles. The van der Waals surface area contributed by atoms with Crippen molar-refractivity contribution in [2.75, 3.05) is 13.7 Å². The van der Waals surface area contributed by atoms with Crippen LogP contribution in [0, 0.1) is 0 Å². The quantitative estimate of drug-likeness (QED) is 0.833. The fourth-order valence-corrected chi connectivity index (χ4v) is 2.11. The highest BCUT2D eigenvalue weighted by molar-refractivity contribution is 5.86. The van der Waals surface area contributed by atoms with Gasteiger partial charge in [-0.25, -0.2) is 0 Å². The summed E-state index contributed by atoms with van der Waals surface area (Å²) in [7, 11) is 1.39. The van der Waals surface area contributed by atoms with Crippen molar-refractivity contribution in [3.8, 4) is 0 Å². The minimum Gasteiger partial charge on any atom is -0.469 e. The van der Waals surface area contributed by atoms with Crippen molar-refractivity contribution in [3.63, 3.8) is 0 Å². The third-order valence-corrected chi connectivity index (χ3v) is 3.08. The summed E-state index contributed by atoms with van der Waals surface area (Å²) < 4.78 is 4.71. The van der Waals surface area contributed by atoms with Gasteiger partial charge < -0.3 is 10.5 Å². The number of hydrogen-bond donors (Lipinski definition) is 1. The minimum absolute atomic E-state index is 0.0245. The predicted octanol–water partition coefficient (Wildman–Crippen LogP) is 1.84. The standard InChI is InChI=1S/C14H16N2O2/c1-18-14(17)7-11(8-15)12-4-2-3-10-9-16-6-5-13(10)12/h2-6,9,11H,7-8,15H2,1H3. The third-order valence-electron chi connectivity index (χ3n) is 3.08. The molecule has 94 valence electrons. The first-order chi connectivity index (χ1) is 8.76. The van der Waals surface area contributed by atoms with E-state index in [0.29, 0.717) is 13.0 Å². The number of nitrogens with zero attached hydrogens (tertiary/aromatic N) is 1. The summed E-state index contributed by atoms with van der Waals surface area (Å²) in [6, 6.07) is 7.91. The van der Waals surface area contributed by atoms with E-state index in [9.17, 15) is 4.79 Å². The average molecular weight is 244 g/mol. The van der Waals surface area contributed by atoms with Crippen LogP contribution < -0.4 is 5.73 Å². The molecule has 0 amide bonds. The molecular weight excluding hydrogens is 228 g/mol. The Labute approximate surface area is 106 Å². The Hall–Kier alpha value is -1.94. The van der Waals surface area contributed by atoms with Crippen LogP contribution in [0.5, 0.6) is 0 Å². The maximum atomic E-state index is 11.4. The predicted molar refractivity (Wildman–Crippen MR) is 70.2 cm³/mol. The number of rotatable bonds is 4. The molecule has 1 aromatic carbocycles. The minimum atomic E-state index is -0.239. The van der Waals surface area contributed by atoms with E-state index in [2.05, 4.69) is 4.98 Å². The zero-order valence-electron chi connectivity index (χ0n) is 10.3. The van der Waals surface area contributed by atoms with Crippen molar-refractivity contribution in [1.29, 1.82) is 0 Å². The van der Waals surface area contributed by atoms with Crippen LogP contribution in [0.15, 0.2) is 36.7 Å². The van der Waals surface area contributed by atoms with E-state index in [4.69, 9.17) is 10.5 Å². The van der Waals surface area contributed by atoms with E-state index in [-0.39, 0.29) is 11.9 Å². The number of hydrogen-bond acceptors (Lipinski definition) is 4. The molecule has 1 atom stereocenters. The Bertz CT molecular complexity index is 549. The van der Waals surface area contributed by atoms with Crippen LogP contribution in [0.4, 0.5) is 0 Å². The van der Waals surface area contributed by atoms with Crippen molar-refractivity contribution in [2.24, 2.45) is 5.73 Å². The first kappa shape index (κ1) is 12.5. The molecule has 4 nitrogen and oxygen atoms in total. The Balaban J connectivity index is 2.41. The molecule has 1 unspecified atom stereocenters. The van der Waals surface area contributed by atoms with Crippen molar-refractivity contribution < 1.29 is 9.53 Å². The number of aromatic nitrogens is 1. The molecule has 0 bridgehead atoms. The van der Waals surface area contributed by atoms with E-state index in [1.54, 1.807) is 6.20 Å². The van der Waals surface area contributed by atoms with Crippen molar-refractivity contribution >= 4 is 16.7 Å². The summed E-state index contributed by atoms with van der Waals surface area (Å²) in [4.78, 5) is 15.5. The van der Waals surface area contributed by atoms with Gasteiger partial charge in [0.1, 0.15) is 0 Å². The van der Waals surface area contributed by atoms with Gasteiger partial charge in [0.25, 0.3) is 0 Å². The number of fused-ring (bicyclic) bond motifs is 1. The Morgan fingerprint density at radius 1 is 1.44 bits per heavy atom. The van der Waals surface area contributed by atoms with E-state index in [1.165, 1.54) is 7.11 Å². The van der Waals surface area contributed by atoms with Crippen LogP contribution in [0.2, 0.25) is 0 Å². The van der Waals surface area contributed by atoms with Gasteiger partial charge in [-0.2, -0.15) is 0 Å². The first-order valence-corrected chi connectivity index (χ1v) is 5.85. The molecule has 0 saturated carbocycles. The summed E-state index contributed by atoms with van der Waals surface area (Å²) in [6.07, 6.45) is 3.86. The molecule has 0 aliphatic carbocycles. The molecule has 0 fully saturated rings. The van der Waals surface area contributed by atoms with Crippen LogP contribution in [-0.2, 0) is 9.53 Å². The number of ether oxygens (including phenoxy) is 1. The molecule has 2 aromatic rings. The first-order valence-electron chi connectivity index (χ1n) is 5.85. The van der Waals surface area contributed by atoms with Gasteiger partial charge in [0, 0.05) is 23.7 Å². The highest BCUT2D eigenvalue weighted by Gasteiger charge is 2.17. The highest BCUT2D eigenvalue weighted by Crippen LogP contribution is 2.27. The molecule has 0 aliphatic rings. The Morgan fingerprint density at radius 2 is 2.28 bits per heavy atom. The van der Waals surface area contributed by atoms with Gasteiger partial charge in [-0.05, 0) is 23.6 Å². The van der Waals surface area contributed by atoms with E-state index < -0.39 is 0 Å². The number of benzene rings is 1. The second-order valence-electron chi connectivity index (χ2n) is 4.16. The molecular formula is C14H16N2O2. The summed E-state index contributed by atoms with van der Waals surface area (Å²) >= 11 is 0. The van der Waals surface area contributed by atoms with Crippen molar-refractivity contribution in [2.45, 2.75) is 12.3 Å². The van der Waals surface area contributed by atoms with Gasteiger partial charge in [0.2, 0.25) is 0 Å². The SMILES string of the molecule is COC(=O)CC(CN)c1cccc2cnccc12. The molecule has 2 rings (SSSR count). The summed E-state index contributed by atoms with van der Waals surface area (Å²) in [5, 5.41) is 2.14. The monoisotopic (exact) mass is 244 g/mol. The summed E-state index contributed by atoms with van der Waals surface area (Å²) in [5.74, 6) is -0.264. The molecule has 4 heteroatoms. The smallest absolute Gasteiger partial charge is 0.306 e. The fourth-order valence-electron chi connectivity index (χ4n) is 2.11. The molecule has 0 aliphatic heterocycles. The van der Waals surface area contributed by atoms with Gasteiger partial charge in [-0.1, -0.05) is 18.2 Å². The third kappa shape index (κ3) is 2.49. The van der Waals surface area contributed by atoms with Crippen molar-refractivity contribution in [1.82, 2.24) is 4.98 Å². The Morgan fingerprint density at radius 3 is 3.00 bits per heavy atom. The fraction of sp³-hybridized carbons (Fsp3) is 0.286. The van der Waals surface area contributed by atoms with Crippen LogP contribution in [0.3, 0.4) is 0 Å². The second-order valence-corrected chi connectivity index (χ2v) is 4.16. The maximum Gasteiger partial charge on any atom is 0.306 e. The lowest BCUT2D eigenvalue weighted by atomic mass is 9.92. The highest BCUT2D eigenvalue weighted by atomic mass is 16.5. The van der Waals surface area contributed by atoms with Crippen molar-refractivity contribution in [3.05, 3.63) is 42.2 Å². The number of carbonyl (C=O) groups is 1. The molecule has 1 aromatic heterocycles. The average Bonchev–Trinajstić information content (AvgIpc) is 2.44. The van der Waals surface area contributed by atoms with Crippen LogP contribution in [0.25, 0.3) is 10.8 Å². The second kappa shape index (κ2) is 5.60. The normalized spacial score (nSPS) is 12.3. The van der Waals surface area contributed by atoms with Crippen LogP contribution >= 0.6 is 0 Å². The lowest BCUT2D eigenvalue weighted by Gasteiger charge is -2.16. The van der Waals surface area contributed by atoms with Crippen LogP contribution in [-0.4, -0.2) is 24.6 Å². The Kier molecular flexibility index (Phi) is 3.89. The van der Waals surface area contributed by atoms with Gasteiger partial charge in [-0.3, -0.25) is 9.78 Å². The molecule has 18 heavy (non-hydrogen) atoms. The van der Waals surface area contributed by atoms with E-state index in [0.717, 1.165) is 16.3 Å². The van der Waals surface area contributed by atoms with E-state index >= 15 is 0 Å². The largest absolute Gasteiger partial charge is 0.469 e. The lowest BCUT2D eigenvalue weighted by molar-refractivity contribution is -0.141. The van der Waals surface area contributed by atoms with Crippen LogP contribution in [0.1, 0.15) is 17.9 Å². The van der Waals surface area contributed by atoms with E-state index in [1.807, 2.05) is 30.5 Å². The summed E-state index contributed by atoms with van der Waals surface area (Å²) in [5.41, 5.74) is 6.85. The van der Waals surface area contributed by atoms with Gasteiger partial charge in [0.15, 0.2) is 0 Å². The zero-order valence-corrected chi connectivity index (χ0v) is 10.3. The summed E-state index contributed by atoms with van der Waals surface area (Å²) in [6.45, 7) is 0.413. The number of methoxy groups -OCH3 is 1. The number of pyridine rings is 1. The topological polar surface area (TPSA) is 65.2 Å². The lowest BCUT2D eigenvalue weighted by Crippen LogP contribution is -2.17. The molecule has 0 radical (unpaired) electrons. The number of esters is 1. The molecule has 2 N–H and O–H groups in total. The zero-order chi connectivity index (χ0) is 13.0. The van der Waals surface area contributed by atoms with Gasteiger partial charge in [0.05, 0.1) is 13.5 Å².